The first-order chi connectivity index (χ1) is 20.7. The molecule has 0 aliphatic carbocycles. The van der Waals surface area contributed by atoms with Gasteiger partial charge >= 0.3 is 12.4 Å². The van der Waals surface area contributed by atoms with Crippen molar-refractivity contribution >= 4 is 10.0 Å². The van der Waals surface area contributed by atoms with Crippen molar-refractivity contribution in [2.45, 2.75) is 63.2 Å². The Morgan fingerprint density at radius 2 is 1.49 bits per heavy atom. The highest BCUT2D eigenvalue weighted by Gasteiger charge is 2.37. The zero-order valence-electron chi connectivity index (χ0n) is 24.5. The summed E-state index contributed by atoms with van der Waals surface area (Å²) in [5.41, 5.74) is -2.33. The Bertz CT molecular complexity index is 1740. The molecule has 0 saturated heterocycles. The number of nitrogens with one attached hydrogen (secondary N) is 1. The highest BCUT2D eigenvalue weighted by Crippen LogP contribution is 2.38. The first-order valence-electron chi connectivity index (χ1n) is 13.4. The maximum absolute atomic E-state index is 13.2. The number of rotatable bonds is 8. The quantitative estimate of drug-likeness (QED) is 0.195. The van der Waals surface area contributed by atoms with Crippen LogP contribution in [0.15, 0.2) is 78.0 Å². The monoisotopic (exact) mass is 653 g/mol. The molecule has 0 aliphatic heterocycles. The van der Waals surface area contributed by atoms with Gasteiger partial charge in [0.25, 0.3) is 0 Å². The van der Waals surface area contributed by atoms with Crippen molar-refractivity contribution in [3.05, 3.63) is 107 Å². The number of aryl methyl sites for hydroxylation is 1. The van der Waals surface area contributed by atoms with Gasteiger partial charge in [-0.1, -0.05) is 17.7 Å². The zero-order chi connectivity index (χ0) is 33.4. The first kappa shape index (κ1) is 33.9. The first-order valence-corrected chi connectivity index (χ1v) is 14.9. The summed E-state index contributed by atoms with van der Waals surface area (Å²) in [5.74, 6) is 0.204. The topological polar surface area (TPSA) is 101 Å². The molecular weight excluding hydrogens is 624 g/mol. The molecule has 0 fully saturated rings. The number of pyridine rings is 2. The molecule has 4 rings (SSSR count). The van der Waals surface area contributed by atoms with Crippen LogP contribution in [0.3, 0.4) is 0 Å². The van der Waals surface area contributed by atoms with E-state index in [4.69, 9.17) is 4.74 Å². The molecule has 4 aromatic rings. The Balaban J connectivity index is 1.49. The lowest BCUT2D eigenvalue weighted by atomic mass is 9.99. The minimum Gasteiger partial charge on any atom is -0.487 e. The van der Waals surface area contributed by atoms with Crippen LogP contribution in [0.1, 0.15) is 60.4 Å². The Morgan fingerprint density at radius 3 is 2.00 bits per heavy atom. The van der Waals surface area contributed by atoms with E-state index in [0.29, 0.717) is 29.0 Å². The summed E-state index contributed by atoms with van der Waals surface area (Å²) in [6, 6.07) is 11.7. The van der Waals surface area contributed by atoms with E-state index in [9.17, 15) is 39.9 Å². The smallest absolute Gasteiger partial charge is 0.416 e. The molecule has 240 valence electrons. The third-order valence-electron chi connectivity index (χ3n) is 6.34. The summed E-state index contributed by atoms with van der Waals surface area (Å²) >= 11 is 0. The van der Waals surface area contributed by atoms with Crippen molar-refractivity contribution in [3.8, 4) is 17.0 Å². The molecule has 0 saturated carbocycles. The molecule has 0 bridgehead atoms. The summed E-state index contributed by atoms with van der Waals surface area (Å²) < 4.78 is 114. The van der Waals surface area contributed by atoms with Crippen LogP contribution in [0.25, 0.3) is 11.3 Å². The van der Waals surface area contributed by atoms with E-state index >= 15 is 0 Å². The molecule has 0 spiro atoms. The Labute approximate surface area is 256 Å². The van der Waals surface area contributed by atoms with Gasteiger partial charge in [0.15, 0.2) is 0 Å². The molecule has 14 heteroatoms. The zero-order valence-corrected chi connectivity index (χ0v) is 25.3. The molecule has 2 aromatic heterocycles. The number of halogens is 6. The lowest BCUT2D eigenvalue weighted by Gasteiger charge is -2.21. The Morgan fingerprint density at radius 1 is 0.844 bits per heavy atom. The molecule has 1 atom stereocenters. The van der Waals surface area contributed by atoms with Gasteiger partial charge in [-0.25, -0.2) is 13.1 Å². The fraction of sp³-hybridized carbons (Fsp3) is 0.290. The fourth-order valence-corrected chi connectivity index (χ4v) is 5.94. The van der Waals surface area contributed by atoms with Gasteiger partial charge < -0.3 is 9.84 Å². The number of hydrogen-bond donors (Lipinski definition) is 2. The molecule has 45 heavy (non-hydrogen) atoms. The van der Waals surface area contributed by atoms with E-state index < -0.39 is 50.7 Å². The minimum absolute atomic E-state index is 0.00395. The lowest BCUT2D eigenvalue weighted by molar-refractivity contribution is -0.143. The molecule has 0 amide bonds. The molecule has 0 radical (unpaired) electrons. The standard InChI is InChI=1S/C31H29F6N3O4S/c1-18-5-10-27(45(42,43)40-29(2,3)4)24(11-18)25-8-6-19(15-38-25)17-44-23-7-9-26(39-16-23)28(41)20-12-21(30(32,33)34)14-22(13-20)31(35,36)37/h5-16,28,40-41H,17H2,1-4H3. The number of hydrogen-bond acceptors (Lipinski definition) is 6. The van der Waals surface area contributed by atoms with Crippen LogP contribution in [0.5, 0.6) is 5.75 Å². The molecule has 2 heterocycles. The van der Waals surface area contributed by atoms with E-state index in [-0.39, 0.29) is 29.0 Å². The second-order valence-electron chi connectivity index (χ2n) is 11.4. The maximum atomic E-state index is 13.2. The lowest BCUT2D eigenvalue weighted by Crippen LogP contribution is -2.40. The van der Waals surface area contributed by atoms with Crippen molar-refractivity contribution in [3.63, 3.8) is 0 Å². The van der Waals surface area contributed by atoms with E-state index in [1.807, 2.05) is 6.92 Å². The highest BCUT2D eigenvalue weighted by molar-refractivity contribution is 7.89. The van der Waals surface area contributed by atoms with Gasteiger partial charge in [-0.05, 0) is 81.8 Å². The summed E-state index contributed by atoms with van der Waals surface area (Å²) in [7, 11) is -3.85. The van der Waals surface area contributed by atoms with Gasteiger partial charge in [0.1, 0.15) is 18.5 Å². The number of alkyl halides is 6. The molecular formula is C31H29F6N3O4S. The number of sulfonamides is 1. The fourth-order valence-electron chi connectivity index (χ4n) is 4.32. The summed E-state index contributed by atoms with van der Waals surface area (Å²) in [4.78, 5) is 8.44. The number of ether oxygens (including phenoxy) is 1. The SMILES string of the molecule is Cc1ccc(S(=O)(=O)NC(C)(C)C)c(-c2ccc(COc3ccc(C(O)c4cc(C(F)(F)F)cc(C(F)(F)F)c4)nc3)cn2)c1. The van der Waals surface area contributed by atoms with Gasteiger partial charge in [-0.2, -0.15) is 26.3 Å². The van der Waals surface area contributed by atoms with Crippen LogP contribution < -0.4 is 9.46 Å². The van der Waals surface area contributed by atoms with Crippen LogP contribution in [-0.2, 0) is 29.0 Å². The van der Waals surface area contributed by atoms with Crippen molar-refractivity contribution in [1.29, 1.82) is 0 Å². The Hall–Kier alpha value is -4.01. The number of benzene rings is 2. The van der Waals surface area contributed by atoms with E-state index in [0.717, 1.165) is 5.56 Å². The molecule has 0 aliphatic rings. The van der Waals surface area contributed by atoms with Gasteiger partial charge in [-0.15, -0.1) is 0 Å². The Kier molecular flexibility index (Phi) is 9.34. The predicted octanol–water partition coefficient (Wildman–Crippen LogP) is 7.23. The maximum Gasteiger partial charge on any atom is 0.416 e. The second kappa shape index (κ2) is 12.4. The van der Waals surface area contributed by atoms with Crippen molar-refractivity contribution in [2.24, 2.45) is 0 Å². The number of aromatic nitrogens is 2. The van der Waals surface area contributed by atoms with Gasteiger partial charge in [0.05, 0.1) is 33.6 Å². The van der Waals surface area contributed by atoms with Crippen molar-refractivity contribution in [2.75, 3.05) is 0 Å². The average Bonchev–Trinajstić information content (AvgIpc) is 2.93. The second-order valence-corrected chi connectivity index (χ2v) is 13.0. The van der Waals surface area contributed by atoms with Crippen molar-refractivity contribution < 1.29 is 44.6 Å². The summed E-state index contributed by atoms with van der Waals surface area (Å²) in [6.45, 7) is 7.04. The van der Waals surface area contributed by atoms with E-state index in [1.165, 1.54) is 30.6 Å². The average molecular weight is 654 g/mol. The molecule has 2 aromatic carbocycles. The van der Waals surface area contributed by atoms with E-state index in [1.54, 1.807) is 45.0 Å². The van der Waals surface area contributed by atoms with Crippen LogP contribution >= 0.6 is 0 Å². The molecule has 1 unspecified atom stereocenters. The van der Waals surface area contributed by atoms with Crippen LogP contribution in [0.2, 0.25) is 0 Å². The summed E-state index contributed by atoms with van der Waals surface area (Å²) in [5, 5.41) is 10.5. The van der Waals surface area contributed by atoms with Crippen LogP contribution in [-0.4, -0.2) is 29.0 Å². The normalized spacial score (nSPS) is 13.5. The molecule has 2 N–H and O–H groups in total. The largest absolute Gasteiger partial charge is 0.487 e. The minimum atomic E-state index is -5.06. The third-order valence-corrected chi connectivity index (χ3v) is 8.15. The van der Waals surface area contributed by atoms with Crippen LogP contribution in [0.4, 0.5) is 26.3 Å². The summed E-state index contributed by atoms with van der Waals surface area (Å²) in [6.07, 6.45) is -9.31. The van der Waals surface area contributed by atoms with Gasteiger partial charge in [0, 0.05) is 22.9 Å². The van der Waals surface area contributed by atoms with E-state index in [2.05, 4.69) is 14.7 Å². The molecule has 7 nitrogen and oxygen atoms in total. The van der Waals surface area contributed by atoms with Crippen molar-refractivity contribution in [1.82, 2.24) is 14.7 Å². The number of aliphatic hydroxyl groups is 1. The number of aliphatic hydroxyl groups excluding tert-OH is 1. The number of nitrogens with zero attached hydrogens (tertiary/aromatic N) is 2. The predicted molar refractivity (Wildman–Crippen MR) is 154 cm³/mol. The van der Waals surface area contributed by atoms with Crippen LogP contribution in [0, 0.1) is 6.92 Å². The third kappa shape index (κ3) is 8.59. The van der Waals surface area contributed by atoms with Gasteiger partial charge in [0.2, 0.25) is 10.0 Å². The highest BCUT2D eigenvalue weighted by atomic mass is 32.2. The van der Waals surface area contributed by atoms with Gasteiger partial charge in [-0.3, -0.25) is 9.97 Å².